The maximum Gasteiger partial charge on any atom is 0.0474 e. The molecule has 0 aromatic heterocycles. The summed E-state index contributed by atoms with van der Waals surface area (Å²) in [5.74, 6) is -2.76. The Morgan fingerprint density at radius 1 is 1.27 bits per heavy atom. The minimum atomic E-state index is -1.38. The first-order valence-electron chi connectivity index (χ1n) is 2.77. The predicted molar refractivity (Wildman–Crippen MR) is 28.4 cm³/mol. The standard InChI is InChI=1S/C6H10O4.Ag/c1-6(2,5(9)10)3-4(7)8;/h3H2,1-2H3,(H,7,8)(H,9,10);/p-2. The molecule has 5 heteroatoms. The van der Waals surface area contributed by atoms with Gasteiger partial charge in [0.2, 0.25) is 0 Å². The Kier molecular flexibility index (Phi) is 5.48. The van der Waals surface area contributed by atoms with Crippen molar-refractivity contribution in [1.82, 2.24) is 0 Å². The second kappa shape index (κ2) is 4.54. The smallest absolute Gasteiger partial charge is 0.0474 e. The number of carboxylic acids is 2. The molecule has 1 radical (unpaired) electrons. The van der Waals surface area contributed by atoms with E-state index < -0.39 is 23.8 Å². The first kappa shape index (κ1) is 13.3. The molecule has 0 aliphatic heterocycles. The van der Waals surface area contributed by atoms with Crippen molar-refractivity contribution in [3.8, 4) is 0 Å². The Hall–Kier alpha value is -0.320. The molecule has 4 nitrogen and oxygen atoms in total. The number of hydrogen-bond acceptors (Lipinski definition) is 4. The Morgan fingerprint density at radius 2 is 1.64 bits per heavy atom. The van der Waals surface area contributed by atoms with Crippen molar-refractivity contribution in [3.63, 3.8) is 0 Å². The summed E-state index contributed by atoms with van der Waals surface area (Å²) in [4.78, 5) is 20.1. The van der Waals surface area contributed by atoms with E-state index in [1.165, 1.54) is 13.8 Å². The van der Waals surface area contributed by atoms with Gasteiger partial charge in [-0.15, -0.1) is 0 Å². The third-order valence-electron chi connectivity index (χ3n) is 1.14. The number of carbonyl (C=O) groups is 2. The van der Waals surface area contributed by atoms with Gasteiger partial charge in [0.15, 0.2) is 0 Å². The maximum absolute atomic E-state index is 10.2. The fraction of sp³-hybridized carbons (Fsp3) is 0.667. The van der Waals surface area contributed by atoms with Crippen LogP contribution in [-0.4, -0.2) is 11.9 Å². The van der Waals surface area contributed by atoms with E-state index in [4.69, 9.17) is 0 Å². The number of carboxylic acid groups (broad SMARTS) is 2. The third-order valence-corrected chi connectivity index (χ3v) is 1.14. The largest absolute Gasteiger partial charge is 0.550 e. The van der Waals surface area contributed by atoms with Crippen LogP contribution in [-0.2, 0) is 32.0 Å². The van der Waals surface area contributed by atoms with Crippen molar-refractivity contribution in [3.05, 3.63) is 0 Å². The fourth-order valence-electron chi connectivity index (χ4n) is 0.433. The molecule has 0 aromatic rings. The van der Waals surface area contributed by atoms with Crippen LogP contribution in [0.15, 0.2) is 0 Å². The molecule has 69 valence electrons. The van der Waals surface area contributed by atoms with E-state index in [1.807, 2.05) is 0 Å². The van der Waals surface area contributed by atoms with Gasteiger partial charge in [-0.1, -0.05) is 13.8 Å². The maximum atomic E-state index is 10.2. The van der Waals surface area contributed by atoms with Crippen LogP contribution in [0.4, 0.5) is 0 Å². The second-order valence-corrected chi connectivity index (χ2v) is 2.72. The van der Waals surface area contributed by atoms with Gasteiger partial charge < -0.3 is 19.8 Å². The third kappa shape index (κ3) is 5.01. The zero-order chi connectivity index (χ0) is 8.36. The summed E-state index contributed by atoms with van der Waals surface area (Å²) in [6.07, 6.45) is -0.519. The van der Waals surface area contributed by atoms with Crippen LogP contribution in [0.2, 0.25) is 0 Å². The zero-order valence-electron chi connectivity index (χ0n) is 6.14. The Morgan fingerprint density at radius 3 is 1.73 bits per heavy atom. The SMILES string of the molecule is CC(C)(CC(=O)[O-])C(=O)[O-].[Ag]. The van der Waals surface area contributed by atoms with E-state index in [0.717, 1.165) is 0 Å². The molecule has 0 rings (SSSR count). The van der Waals surface area contributed by atoms with Gasteiger partial charge >= 0.3 is 0 Å². The fourth-order valence-corrected chi connectivity index (χ4v) is 0.433. The summed E-state index contributed by atoms with van der Waals surface area (Å²) < 4.78 is 0. The molecule has 0 saturated heterocycles. The number of aliphatic carboxylic acids is 2. The van der Waals surface area contributed by atoms with E-state index in [2.05, 4.69) is 0 Å². The number of hydrogen-bond donors (Lipinski definition) is 0. The quantitative estimate of drug-likeness (QED) is 0.539. The predicted octanol–water partition coefficient (Wildman–Crippen LogP) is -2.10. The molecule has 0 aliphatic carbocycles. The normalized spacial score (nSPS) is 10.0. The molecule has 0 saturated carbocycles. The van der Waals surface area contributed by atoms with E-state index >= 15 is 0 Å². The van der Waals surface area contributed by atoms with Crippen LogP contribution >= 0.6 is 0 Å². The van der Waals surface area contributed by atoms with Gasteiger partial charge in [-0.25, -0.2) is 0 Å². The molecule has 0 heterocycles. The van der Waals surface area contributed by atoms with Crippen LogP contribution in [0.25, 0.3) is 0 Å². The molecular weight excluding hydrogens is 244 g/mol. The molecule has 0 atom stereocenters. The topological polar surface area (TPSA) is 80.3 Å². The molecule has 0 bridgehead atoms. The molecule has 0 N–H and O–H groups in total. The summed E-state index contributed by atoms with van der Waals surface area (Å²) >= 11 is 0. The minimum absolute atomic E-state index is 0. The van der Waals surface area contributed by atoms with Crippen molar-refractivity contribution in [2.24, 2.45) is 5.41 Å². The molecule has 0 aliphatic rings. The van der Waals surface area contributed by atoms with E-state index in [1.54, 1.807) is 0 Å². The van der Waals surface area contributed by atoms with Crippen molar-refractivity contribution >= 4 is 11.9 Å². The minimum Gasteiger partial charge on any atom is -0.550 e. The molecule has 0 amide bonds. The first-order chi connectivity index (χ1) is 4.36. The molecule has 0 fully saturated rings. The first-order valence-corrected chi connectivity index (χ1v) is 2.77. The Labute approximate surface area is 80.1 Å². The van der Waals surface area contributed by atoms with Crippen LogP contribution in [0.5, 0.6) is 0 Å². The van der Waals surface area contributed by atoms with Gasteiger partial charge in [0.25, 0.3) is 0 Å². The van der Waals surface area contributed by atoms with Crippen LogP contribution in [0.3, 0.4) is 0 Å². The zero-order valence-corrected chi connectivity index (χ0v) is 7.62. The van der Waals surface area contributed by atoms with E-state index in [9.17, 15) is 19.8 Å². The van der Waals surface area contributed by atoms with E-state index in [-0.39, 0.29) is 22.4 Å². The van der Waals surface area contributed by atoms with Gasteiger partial charge in [0.1, 0.15) is 0 Å². The average Bonchev–Trinajstić information content (AvgIpc) is 1.60. The molecule has 11 heavy (non-hydrogen) atoms. The Bertz CT molecular complexity index is 164. The summed E-state index contributed by atoms with van der Waals surface area (Å²) in [6.45, 7) is 2.55. The summed E-state index contributed by atoms with van der Waals surface area (Å²) in [5, 5.41) is 20.1. The molecule has 0 aromatic carbocycles. The molecular formula is C6H8AgO4-2. The summed E-state index contributed by atoms with van der Waals surface area (Å²) in [7, 11) is 0. The summed E-state index contributed by atoms with van der Waals surface area (Å²) in [6, 6.07) is 0. The van der Waals surface area contributed by atoms with Gasteiger partial charge in [-0.2, -0.15) is 0 Å². The van der Waals surface area contributed by atoms with Crippen molar-refractivity contribution in [2.75, 3.05) is 0 Å². The van der Waals surface area contributed by atoms with Gasteiger partial charge in [-0.05, 0) is 6.42 Å². The Balaban J connectivity index is 0. The van der Waals surface area contributed by atoms with E-state index in [0.29, 0.717) is 0 Å². The van der Waals surface area contributed by atoms with Crippen LogP contribution in [0.1, 0.15) is 20.3 Å². The molecule has 0 spiro atoms. The summed E-state index contributed by atoms with van der Waals surface area (Å²) in [5.41, 5.74) is -1.33. The van der Waals surface area contributed by atoms with Gasteiger partial charge in [-0.3, -0.25) is 0 Å². The van der Waals surface area contributed by atoms with Crippen molar-refractivity contribution in [2.45, 2.75) is 20.3 Å². The van der Waals surface area contributed by atoms with Crippen molar-refractivity contribution in [1.29, 1.82) is 0 Å². The van der Waals surface area contributed by atoms with Crippen LogP contribution < -0.4 is 10.2 Å². The van der Waals surface area contributed by atoms with Crippen LogP contribution in [0, 0.1) is 5.41 Å². The average molecular weight is 252 g/mol. The van der Waals surface area contributed by atoms with Gasteiger partial charge in [0.05, 0.1) is 0 Å². The van der Waals surface area contributed by atoms with Gasteiger partial charge in [0, 0.05) is 39.7 Å². The molecule has 0 unspecified atom stereocenters. The monoisotopic (exact) mass is 251 g/mol. The number of rotatable bonds is 3. The second-order valence-electron chi connectivity index (χ2n) is 2.72. The number of carbonyl (C=O) groups excluding carboxylic acids is 2. The van der Waals surface area contributed by atoms with Crippen molar-refractivity contribution < 1.29 is 42.2 Å².